The lowest BCUT2D eigenvalue weighted by Crippen LogP contribution is -2.05. The highest BCUT2D eigenvalue weighted by molar-refractivity contribution is 6.35. The molecule has 17 heavy (non-hydrogen) atoms. The van der Waals surface area contributed by atoms with Crippen LogP contribution in [-0.4, -0.2) is 18.1 Å². The monoisotopic (exact) mass is 249 g/mol. The Kier molecular flexibility index (Phi) is 3.03. The molecule has 0 unspecified atom stereocenters. The van der Waals surface area contributed by atoms with Gasteiger partial charge in [0, 0.05) is 5.39 Å². The topological polar surface area (TPSA) is 39.2 Å². The Labute approximate surface area is 104 Å². The highest BCUT2D eigenvalue weighted by Gasteiger charge is 2.13. The van der Waals surface area contributed by atoms with Crippen molar-refractivity contribution in [3.05, 3.63) is 40.0 Å². The van der Waals surface area contributed by atoms with Gasteiger partial charge in [-0.25, -0.2) is 9.78 Å². The largest absolute Gasteiger partial charge is 0.464 e. The van der Waals surface area contributed by atoms with Gasteiger partial charge in [0.2, 0.25) is 0 Å². The number of carbonyl (C=O) groups excluding carboxylic acids is 1. The summed E-state index contributed by atoms with van der Waals surface area (Å²) in [6.45, 7) is 3.96. The van der Waals surface area contributed by atoms with Crippen LogP contribution >= 0.6 is 11.6 Å². The molecule has 0 fully saturated rings. The van der Waals surface area contributed by atoms with Crippen LogP contribution in [-0.2, 0) is 4.74 Å². The summed E-state index contributed by atoms with van der Waals surface area (Å²) < 4.78 is 4.65. The number of rotatable bonds is 1. The summed E-state index contributed by atoms with van der Waals surface area (Å²) in [5, 5.41) is 1.36. The first kappa shape index (κ1) is 11.9. The predicted molar refractivity (Wildman–Crippen MR) is 67.6 cm³/mol. The zero-order valence-corrected chi connectivity index (χ0v) is 10.6. The molecule has 2 aromatic rings. The number of nitrogens with zero attached hydrogens (tertiary/aromatic N) is 1. The van der Waals surface area contributed by atoms with Gasteiger partial charge >= 0.3 is 5.97 Å². The lowest BCUT2D eigenvalue weighted by molar-refractivity contribution is 0.0594. The van der Waals surface area contributed by atoms with Crippen molar-refractivity contribution in [2.75, 3.05) is 7.11 Å². The SMILES string of the molecule is COC(=O)c1cc(Cl)c2ccc(C)c(C)c2n1. The molecule has 1 aromatic carbocycles. The van der Waals surface area contributed by atoms with Crippen LogP contribution in [0.1, 0.15) is 21.6 Å². The van der Waals surface area contributed by atoms with Gasteiger partial charge in [-0.1, -0.05) is 23.7 Å². The minimum atomic E-state index is -0.477. The molecular weight excluding hydrogens is 238 g/mol. The van der Waals surface area contributed by atoms with Crippen LogP contribution in [0.4, 0.5) is 0 Å². The summed E-state index contributed by atoms with van der Waals surface area (Å²) in [5.74, 6) is -0.477. The van der Waals surface area contributed by atoms with E-state index in [0.717, 1.165) is 22.0 Å². The average molecular weight is 250 g/mol. The van der Waals surface area contributed by atoms with Crippen LogP contribution in [0.5, 0.6) is 0 Å². The molecule has 0 saturated carbocycles. The second-order valence-corrected chi connectivity index (χ2v) is 4.29. The quantitative estimate of drug-likeness (QED) is 0.728. The number of aryl methyl sites for hydroxylation is 2. The van der Waals surface area contributed by atoms with Crippen molar-refractivity contribution in [1.82, 2.24) is 4.98 Å². The molecule has 0 amide bonds. The third-order valence-corrected chi connectivity index (χ3v) is 3.16. The van der Waals surface area contributed by atoms with E-state index in [-0.39, 0.29) is 5.69 Å². The summed E-state index contributed by atoms with van der Waals surface area (Å²) >= 11 is 6.14. The van der Waals surface area contributed by atoms with Crippen molar-refractivity contribution in [2.45, 2.75) is 13.8 Å². The van der Waals surface area contributed by atoms with Crippen LogP contribution in [0.25, 0.3) is 10.9 Å². The Hall–Kier alpha value is -1.61. The summed E-state index contributed by atoms with van der Waals surface area (Å²) in [5.41, 5.74) is 3.12. The maximum Gasteiger partial charge on any atom is 0.356 e. The number of pyridine rings is 1. The molecule has 0 N–H and O–H groups in total. The number of aromatic nitrogens is 1. The van der Waals surface area contributed by atoms with E-state index in [1.165, 1.54) is 13.2 Å². The molecule has 2 rings (SSSR count). The molecule has 0 radical (unpaired) electrons. The number of hydrogen-bond acceptors (Lipinski definition) is 3. The number of carbonyl (C=O) groups is 1. The van der Waals surface area contributed by atoms with Gasteiger partial charge in [0.05, 0.1) is 17.6 Å². The zero-order valence-electron chi connectivity index (χ0n) is 9.87. The minimum Gasteiger partial charge on any atom is -0.464 e. The van der Waals surface area contributed by atoms with E-state index in [2.05, 4.69) is 9.72 Å². The first-order valence-electron chi connectivity index (χ1n) is 5.19. The highest BCUT2D eigenvalue weighted by Crippen LogP contribution is 2.27. The van der Waals surface area contributed by atoms with Crippen molar-refractivity contribution in [2.24, 2.45) is 0 Å². The number of benzene rings is 1. The molecule has 88 valence electrons. The Balaban J connectivity index is 2.79. The Morgan fingerprint density at radius 1 is 1.35 bits per heavy atom. The Morgan fingerprint density at radius 3 is 2.71 bits per heavy atom. The molecule has 1 heterocycles. The molecule has 1 aromatic heterocycles. The average Bonchev–Trinajstić information content (AvgIpc) is 2.33. The molecule has 0 atom stereocenters. The molecule has 0 saturated heterocycles. The van der Waals surface area contributed by atoms with E-state index in [4.69, 9.17) is 11.6 Å². The summed E-state index contributed by atoms with van der Waals surface area (Å²) in [7, 11) is 1.32. The lowest BCUT2D eigenvalue weighted by atomic mass is 10.1. The Morgan fingerprint density at radius 2 is 2.06 bits per heavy atom. The van der Waals surface area contributed by atoms with Gasteiger partial charge in [-0.3, -0.25) is 0 Å². The van der Waals surface area contributed by atoms with Crippen LogP contribution in [0.2, 0.25) is 5.02 Å². The van der Waals surface area contributed by atoms with Crippen molar-refractivity contribution in [1.29, 1.82) is 0 Å². The second-order valence-electron chi connectivity index (χ2n) is 3.88. The van der Waals surface area contributed by atoms with Gasteiger partial charge in [0.25, 0.3) is 0 Å². The minimum absolute atomic E-state index is 0.235. The summed E-state index contributed by atoms with van der Waals surface area (Å²) in [6, 6.07) is 5.43. The van der Waals surface area contributed by atoms with E-state index in [0.29, 0.717) is 5.02 Å². The fourth-order valence-electron chi connectivity index (χ4n) is 1.70. The predicted octanol–water partition coefficient (Wildman–Crippen LogP) is 3.29. The lowest BCUT2D eigenvalue weighted by Gasteiger charge is -2.08. The molecule has 0 aliphatic heterocycles. The first-order valence-corrected chi connectivity index (χ1v) is 5.57. The molecule has 0 aliphatic carbocycles. The molecule has 0 aliphatic rings. The second kappa shape index (κ2) is 4.34. The van der Waals surface area contributed by atoms with Crippen LogP contribution in [0.3, 0.4) is 0 Å². The van der Waals surface area contributed by atoms with Crippen molar-refractivity contribution < 1.29 is 9.53 Å². The molecule has 4 heteroatoms. The smallest absolute Gasteiger partial charge is 0.356 e. The fourth-order valence-corrected chi connectivity index (χ4v) is 1.95. The number of esters is 1. The number of ether oxygens (including phenoxy) is 1. The van der Waals surface area contributed by atoms with Crippen LogP contribution in [0, 0.1) is 13.8 Å². The van der Waals surface area contributed by atoms with Crippen LogP contribution < -0.4 is 0 Å². The maximum atomic E-state index is 11.5. The third kappa shape index (κ3) is 1.98. The third-order valence-electron chi connectivity index (χ3n) is 2.85. The molecule has 0 bridgehead atoms. The zero-order chi connectivity index (χ0) is 12.6. The van der Waals surface area contributed by atoms with E-state index in [1.807, 2.05) is 26.0 Å². The number of fused-ring (bicyclic) bond motifs is 1. The van der Waals surface area contributed by atoms with E-state index in [9.17, 15) is 4.79 Å². The fraction of sp³-hybridized carbons (Fsp3) is 0.231. The van der Waals surface area contributed by atoms with E-state index in [1.54, 1.807) is 0 Å². The number of halogens is 1. The van der Waals surface area contributed by atoms with Gasteiger partial charge in [-0.05, 0) is 31.0 Å². The van der Waals surface area contributed by atoms with Crippen molar-refractivity contribution >= 4 is 28.5 Å². The molecule has 3 nitrogen and oxygen atoms in total. The van der Waals surface area contributed by atoms with Crippen molar-refractivity contribution in [3.63, 3.8) is 0 Å². The van der Waals surface area contributed by atoms with E-state index >= 15 is 0 Å². The Bertz CT molecular complexity index is 608. The summed E-state index contributed by atoms with van der Waals surface area (Å²) in [4.78, 5) is 15.8. The van der Waals surface area contributed by atoms with Crippen molar-refractivity contribution in [3.8, 4) is 0 Å². The number of hydrogen-bond donors (Lipinski definition) is 0. The van der Waals surface area contributed by atoms with Gasteiger partial charge < -0.3 is 4.74 Å². The number of methoxy groups -OCH3 is 1. The van der Waals surface area contributed by atoms with Gasteiger partial charge in [-0.15, -0.1) is 0 Å². The van der Waals surface area contributed by atoms with Gasteiger partial charge in [0.1, 0.15) is 0 Å². The van der Waals surface area contributed by atoms with Gasteiger partial charge in [0.15, 0.2) is 5.69 Å². The van der Waals surface area contributed by atoms with Gasteiger partial charge in [-0.2, -0.15) is 0 Å². The normalized spacial score (nSPS) is 10.6. The van der Waals surface area contributed by atoms with Crippen LogP contribution in [0.15, 0.2) is 18.2 Å². The standard InChI is InChI=1S/C13H12ClNO2/c1-7-4-5-9-10(14)6-11(13(16)17-3)15-12(9)8(7)2/h4-6H,1-3H3. The summed E-state index contributed by atoms with van der Waals surface area (Å²) in [6.07, 6.45) is 0. The highest BCUT2D eigenvalue weighted by atomic mass is 35.5. The maximum absolute atomic E-state index is 11.5. The van der Waals surface area contributed by atoms with E-state index < -0.39 is 5.97 Å². The first-order chi connectivity index (χ1) is 8.04. The molecule has 0 spiro atoms. The molecular formula is C13H12ClNO2.